The molecule has 2 fully saturated rings. The number of hydrazone groups is 1. The van der Waals surface area contributed by atoms with Crippen LogP contribution in [0.3, 0.4) is 0 Å². The second-order valence-electron chi connectivity index (χ2n) is 12.5. The molecular weight excluding hydrogens is 646 g/mol. The SMILES string of the molecule is CCC(C)NC(=O)N(C=N)c1ccc(N2CCN(c3ccc(OC[C@@H]4CO[C@@](CN/N=C\C=N)(c5cccc6ncccc56)O4)cc3)CC2)cc1. The Bertz CT molecular complexity index is 1810. The first kappa shape index (κ1) is 35.3. The van der Waals surface area contributed by atoms with Crippen molar-refractivity contribution < 1.29 is 19.0 Å². The lowest BCUT2D eigenvalue weighted by molar-refractivity contribution is -0.174. The van der Waals surface area contributed by atoms with Crippen LogP contribution in [0.2, 0.25) is 0 Å². The highest BCUT2D eigenvalue weighted by Crippen LogP contribution is 2.38. The van der Waals surface area contributed by atoms with Gasteiger partial charge in [0.05, 0.1) is 36.9 Å². The molecule has 0 aliphatic carbocycles. The number of carbonyl (C=O) groups excluding carboxylic acids is 1. The summed E-state index contributed by atoms with van der Waals surface area (Å²) in [5, 5.41) is 22.9. The van der Waals surface area contributed by atoms with Gasteiger partial charge in [-0.3, -0.25) is 15.3 Å². The van der Waals surface area contributed by atoms with Gasteiger partial charge in [-0.05, 0) is 74.0 Å². The number of urea groups is 1. The first-order valence-corrected chi connectivity index (χ1v) is 17.3. The second-order valence-corrected chi connectivity index (χ2v) is 12.5. The van der Waals surface area contributed by atoms with Gasteiger partial charge in [-0.1, -0.05) is 25.1 Å². The molecule has 3 heterocycles. The number of piperazine rings is 1. The van der Waals surface area contributed by atoms with E-state index >= 15 is 0 Å². The molecule has 4 N–H and O–H groups in total. The minimum Gasteiger partial charge on any atom is -0.491 e. The van der Waals surface area contributed by atoms with Crippen LogP contribution >= 0.6 is 0 Å². The number of hydrogen-bond donors (Lipinski definition) is 4. The van der Waals surface area contributed by atoms with E-state index in [0.29, 0.717) is 18.9 Å². The molecule has 0 spiro atoms. The van der Waals surface area contributed by atoms with Gasteiger partial charge in [0, 0.05) is 67.0 Å². The van der Waals surface area contributed by atoms with Crippen LogP contribution < -0.4 is 30.2 Å². The highest BCUT2D eigenvalue weighted by Gasteiger charge is 2.44. The summed E-state index contributed by atoms with van der Waals surface area (Å²) in [4.78, 5) is 23.1. The predicted octanol–water partition coefficient (Wildman–Crippen LogP) is 5.36. The molecule has 3 atom stereocenters. The molecule has 1 aromatic heterocycles. The molecule has 3 aromatic carbocycles. The summed E-state index contributed by atoms with van der Waals surface area (Å²) in [5.74, 6) is -0.354. The number of nitrogens with one attached hydrogen (secondary N) is 4. The van der Waals surface area contributed by atoms with E-state index in [-0.39, 0.29) is 24.7 Å². The van der Waals surface area contributed by atoms with Gasteiger partial charge in [-0.2, -0.15) is 5.10 Å². The molecule has 0 saturated carbocycles. The van der Waals surface area contributed by atoms with Gasteiger partial charge >= 0.3 is 6.03 Å². The monoisotopic (exact) mass is 691 g/mol. The lowest BCUT2D eigenvalue weighted by atomic mass is 10.00. The van der Waals surface area contributed by atoms with Gasteiger partial charge in [0.15, 0.2) is 0 Å². The van der Waals surface area contributed by atoms with Crippen molar-refractivity contribution in [2.45, 2.75) is 38.2 Å². The number of carbonyl (C=O) groups is 1. The summed E-state index contributed by atoms with van der Waals surface area (Å²) in [7, 11) is 0. The Morgan fingerprint density at radius 1 is 1.04 bits per heavy atom. The lowest BCUT2D eigenvalue weighted by Gasteiger charge is -2.37. The number of anilines is 3. The number of fused-ring (bicyclic) bond motifs is 1. The predicted molar refractivity (Wildman–Crippen MR) is 202 cm³/mol. The fourth-order valence-electron chi connectivity index (χ4n) is 6.27. The number of aromatic nitrogens is 1. The third kappa shape index (κ3) is 8.27. The van der Waals surface area contributed by atoms with Crippen LogP contribution in [-0.4, -0.2) is 87.9 Å². The Labute approximate surface area is 298 Å². The molecule has 51 heavy (non-hydrogen) atoms. The van der Waals surface area contributed by atoms with Crippen LogP contribution in [-0.2, 0) is 15.3 Å². The Hall–Kier alpha value is -5.53. The maximum absolute atomic E-state index is 12.6. The van der Waals surface area contributed by atoms with Gasteiger partial charge < -0.3 is 40.2 Å². The van der Waals surface area contributed by atoms with Crippen molar-refractivity contribution in [2.75, 3.05) is 60.6 Å². The van der Waals surface area contributed by atoms with Gasteiger partial charge in [-0.25, -0.2) is 4.79 Å². The fourth-order valence-corrected chi connectivity index (χ4v) is 6.27. The van der Waals surface area contributed by atoms with E-state index in [9.17, 15) is 4.79 Å². The van der Waals surface area contributed by atoms with E-state index in [1.165, 1.54) is 11.1 Å². The molecule has 0 bridgehead atoms. The summed E-state index contributed by atoms with van der Waals surface area (Å²) in [6, 6.07) is 25.4. The molecule has 1 unspecified atom stereocenters. The van der Waals surface area contributed by atoms with Crippen molar-refractivity contribution in [1.29, 1.82) is 10.8 Å². The van der Waals surface area contributed by atoms with E-state index < -0.39 is 5.79 Å². The van der Waals surface area contributed by atoms with Gasteiger partial charge in [0.2, 0.25) is 5.79 Å². The van der Waals surface area contributed by atoms with Crippen LogP contribution in [0.5, 0.6) is 5.75 Å². The number of pyridine rings is 1. The number of benzene rings is 3. The third-order valence-corrected chi connectivity index (χ3v) is 9.21. The highest BCUT2D eigenvalue weighted by atomic mass is 16.8. The van der Waals surface area contributed by atoms with Gasteiger partial charge in [0.1, 0.15) is 18.5 Å². The van der Waals surface area contributed by atoms with Crippen LogP contribution in [0.4, 0.5) is 21.9 Å². The molecule has 2 saturated heterocycles. The summed E-state index contributed by atoms with van der Waals surface area (Å²) >= 11 is 0. The second kappa shape index (κ2) is 16.5. The van der Waals surface area contributed by atoms with Crippen molar-refractivity contribution in [3.63, 3.8) is 0 Å². The van der Waals surface area contributed by atoms with Crippen molar-refractivity contribution in [1.82, 2.24) is 15.7 Å². The molecule has 0 radical (unpaired) electrons. The Kier molecular flexibility index (Phi) is 11.4. The number of rotatable bonds is 14. The zero-order valence-corrected chi connectivity index (χ0v) is 29.0. The normalized spacial score (nSPS) is 19.5. The van der Waals surface area contributed by atoms with E-state index in [2.05, 4.69) is 42.8 Å². The summed E-state index contributed by atoms with van der Waals surface area (Å²) < 4.78 is 19.1. The number of amides is 2. The number of ether oxygens (including phenoxy) is 3. The molecule has 6 rings (SSSR count). The molecule has 2 amide bonds. The van der Waals surface area contributed by atoms with Crippen LogP contribution in [0, 0.1) is 10.8 Å². The smallest absolute Gasteiger partial charge is 0.327 e. The molecule has 4 aromatic rings. The summed E-state index contributed by atoms with van der Waals surface area (Å²) in [6.07, 6.45) is 5.78. The lowest BCUT2D eigenvalue weighted by Crippen LogP contribution is -2.46. The maximum atomic E-state index is 12.6. The van der Waals surface area contributed by atoms with E-state index in [0.717, 1.165) is 78.7 Å². The fraction of sp³-hybridized carbons (Fsp3) is 0.342. The molecule has 2 aliphatic heterocycles. The summed E-state index contributed by atoms with van der Waals surface area (Å²) in [5.41, 5.74) is 7.54. The Morgan fingerprint density at radius 2 is 1.75 bits per heavy atom. The minimum atomic E-state index is -1.10. The first-order valence-electron chi connectivity index (χ1n) is 17.3. The van der Waals surface area contributed by atoms with E-state index in [1.807, 2.05) is 80.6 Å². The van der Waals surface area contributed by atoms with Crippen molar-refractivity contribution >= 4 is 52.8 Å². The van der Waals surface area contributed by atoms with Crippen molar-refractivity contribution in [2.24, 2.45) is 5.10 Å². The zero-order valence-electron chi connectivity index (χ0n) is 29.0. The first-order chi connectivity index (χ1) is 24.9. The maximum Gasteiger partial charge on any atom is 0.327 e. The van der Waals surface area contributed by atoms with E-state index in [4.69, 9.17) is 25.0 Å². The van der Waals surface area contributed by atoms with Gasteiger partial charge in [0.25, 0.3) is 0 Å². The molecule has 13 nitrogen and oxygen atoms in total. The average Bonchev–Trinajstić information content (AvgIpc) is 3.60. The molecule has 266 valence electrons. The molecular formula is C38H45N9O4. The minimum absolute atomic E-state index is 0.0378. The van der Waals surface area contributed by atoms with E-state index in [1.54, 1.807) is 6.20 Å². The molecule has 2 aliphatic rings. The average molecular weight is 692 g/mol. The Balaban J connectivity index is 1.02. The summed E-state index contributed by atoms with van der Waals surface area (Å²) in [6.45, 7) is 8.30. The van der Waals surface area contributed by atoms with Crippen LogP contribution in [0.25, 0.3) is 10.9 Å². The number of hydrogen-bond acceptors (Lipinski definition) is 11. The van der Waals surface area contributed by atoms with Crippen molar-refractivity contribution in [3.05, 3.63) is 90.6 Å². The third-order valence-electron chi connectivity index (χ3n) is 9.21. The Morgan fingerprint density at radius 3 is 2.41 bits per heavy atom. The quantitative estimate of drug-likeness (QED) is 0.0785. The van der Waals surface area contributed by atoms with Crippen molar-refractivity contribution in [3.8, 4) is 5.75 Å². The van der Waals surface area contributed by atoms with Gasteiger partial charge in [-0.15, -0.1) is 0 Å². The molecule has 13 heteroatoms. The largest absolute Gasteiger partial charge is 0.491 e. The number of nitrogens with zero attached hydrogens (tertiary/aromatic N) is 5. The van der Waals surface area contributed by atoms with Crippen LogP contribution in [0.1, 0.15) is 25.8 Å². The highest BCUT2D eigenvalue weighted by molar-refractivity contribution is 6.14. The standard InChI is InChI=1S/C38H45N9O4/c1-3-28(2)44-37(48)47(27-40)31-11-9-29(10-12-31)45-20-22-46(23-21-45)30-13-15-32(16-14-30)49-24-33-25-50-38(51-33,26-43-42-19-17-39)35-7-4-8-36-34(35)6-5-18-41-36/h4-19,27-28,33,39-40,43H,3,20-26H2,1-2H3,(H,44,48)/b39-17?,40-27?,42-19-/t28?,33-,38-/m1/s1. The zero-order chi connectivity index (χ0) is 35.6. The topological polar surface area (TPSA) is 151 Å². The van der Waals surface area contributed by atoms with Crippen LogP contribution in [0.15, 0.2) is 90.2 Å².